The third-order valence-electron chi connectivity index (χ3n) is 4.01. The number of nitrogen functional groups attached to an aromatic ring is 1. The maximum atomic E-state index is 11.9. The van der Waals surface area contributed by atoms with E-state index in [2.05, 4.69) is 10.6 Å². The normalized spacial score (nSPS) is 10.4. The second-order valence-corrected chi connectivity index (χ2v) is 7.14. The Morgan fingerprint density at radius 2 is 1.70 bits per heavy atom. The van der Waals surface area contributed by atoms with Gasteiger partial charge in [0.15, 0.2) is 5.78 Å². The second-order valence-electron chi connectivity index (χ2n) is 6.20. The van der Waals surface area contributed by atoms with Crippen molar-refractivity contribution in [3.63, 3.8) is 0 Å². The number of nitrogens with one attached hydrogen (secondary N) is 2. The van der Waals surface area contributed by atoms with Gasteiger partial charge in [0.05, 0.1) is 16.3 Å². The second kappa shape index (κ2) is 11.1. The highest BCUT2D eigenvalue weighted by Gasteiger charge is 2.10. The third kappa shape index (κ3) is 7.62. The first kappa shape index (κ1) is 20.6. The lowest BCUT2D eigenvalue weighted by molar-refractivity contribution is -0.121. The van der Waals surface area contributed by atoms with Gasteiger partial charge in [0.2, 0.25) is 11.8 Å². The Morgan fingerprint density at radius 1 is 0.889 bits per heavy atom. The lowest BCUT2D eigenvalue weighted by atomic mass is 10.1. The van der Waals surface area contributed by atoms with Crippen molar-refractivity contribution in [2.45, 2.75) is 38.5 Å². The van der Waals surface area contributed by atoms with Crippen LogP contribution in [0.5, 0.6) is 0 Å². The molecule has 7 heteroatoms. The van der Waals surface area contributed by atoms with Gasteiger partial charge in [0, 0.05) is 25.8 Å². The van der Waals surface area contributed by atoms with Crippen molar-refractivity contribution in [3.05, 3.63) is 46.7 Å². The van der Waals surface area contributed by atoms with E-state index in [1.54, 1.807) is 18.2 Å². The first-order chi connectivity index (χ1) is 13.1. The average Bonchev–Trinajstić information content (AvgIpc) is 3.19. The number of ketones is 1. The van der Waals surface area contributed by atoms with E-state index in [0.717, 1.165) is 19.3 Å². The molecule has 1 aromatic carbocycles. The van der Waals surface area contributed by atoms with Crippen molar-refractivity contribution < 1.29 is 14.4 Å². The Hall–Kier alpha value is -2.67. The van der Waals surface area contributed by atoms with Crippen LogP contribution in [-0.4, -0.2) is 24.1 Å². The number of para-hydroxylation sites is 2. The number of carbonyl (C=O) groups excluding carboxylic acids is 3. The van der Waals surface area contributed by atoms with Crippen LogP contribution in [0.1, 0.15) is 48.2 Å². The summed E-state index contributed by atoms with van der Waals surface area (Å²) in [7, 11) is 0. The van der Waals surface area contributed by atoms with E-state index in [0.29, 0.717) is 29.2 Å². The summed E-state index contributed by atoms with van der Waals surface area (Å²) in [6.45, 7) is 0.555. The number of unbranched alkanes of at least 4 members (excludes halogenated alkanes) is 2. The third-order valence-corrected chi connectivity index (χ3v) is 4.92. The summed E-state index contributed by atoms with van der Waals surface area (Å²) in [4.78, 5) is 36.2. The molecule has 0 aliphatic carbocycles. The predicted octanol–water partition coefficient (Wildman–Crippen LogP) is 3.61. The molecule has 0 atom stereocenters. The highest BCUT2D eigenvalue weighted by Crippen LogP contribution is 2.17. The zero-order valence-corrected chi connectivity index (χ0v) is 16.0. The Balaban J connectivity index is 1.50. The van der Waals surface area contributed by atoms with Gasteiger partial charge in [-0.3, -0.25) is 14.4 Å². The number of benzene rings is 1. The number of Topliss-reactive ketones (excluding diaryl/α,β-unsaturated/α-hetero) is 1. The van der Waals surface area contributed by atoms with Gasteiger partial charge in [-0.2, -0.15) is 0 Å². The first-order valence-corrected chi connectivity index (χ1v) is 9.92. The fourth-order valence-electron chi connectivity index (χ4n) is 2.51. The number of nitrogens with two attached hydrogens (primary N) is 1. The molecule has 0 spiro atoms. The van der Waals surface area contributed by atoms with Crippen LogP contribution in [0.3, 0.4) is 0 Å². The maximum absolute atomic E-state index is 11.9. The standard InChI is InChI=1S/C20H25N3O3S/c21-15-7-3-4-8-16(15)23-20(26)10-2-1-5-13-22-19(25)12-11-17(24)18-9-6-14-27-18/h3-4,6-9,14H,1-2,5,10-13,21H2,(H,22,25)(H,23,26). The molecule has 1 heterocycles. The minimum absolute atomic E-state index is 0.00483. The molecule has 0 unspecified atom stereocenters. The Bertz CT molecular complexity index is 760. The number of amides is 2. The summed E-state index contributed by atoms with van der Waals surface area (Å²) in [5.74, 6) is -0.175. The molecule has 0 radical (unpaired) electrons. The van der Waals surface area contributed by atoms with Crippen molar-refractivity contribution in [3.8, 4) is 0 Å². The van der Waals surface area contributed by atoms with Gasteiger partial charge < -0.3 is 16.4 Å². The number of carbonyl (C=O) groups is 3. The summed E-state index contributed by atoms with van der Waals surface area (Å²) in [6, 6.07) is 10.7. The number of rotatable bonds is 11. The fraction of sp³-hybridized carbons (Fsp3) is 0.350. The average molecular weight is 388 g/mol. The molecular weight excluding hydrogens is 362 g/mol. The van der Waals surface area contributed by atoms with Crippen molar-refractivity contribution >= 4 is 40.3 Å². The van der Waals surface area contributed by atoms with E-state index < -0.39 is 0 Å². The van der Waals surface area contributed by atoms with Crippen LogP contribution in [-0.2, 0) is 9.59 Å². The highest BCUT2D eigenvalue weighted by molar-refractivity contribution is 7.12. The SMILES string of the molecule is Nc1ccccc1NC(=O)CCCCCNC(=O)CCC(=O)c1cccs1. The van der Waals surface area contributed by atoms with Gasteiger partial charge >= 0.3 is 0 Å². The number of anilines is 2. The molecule has 144 valence electrons. The predicted molar refractivity (Wildman–Crippen MR) is 109 cm³/mol. The number of thiophene rings is 1. The van der Waals surface area contributed by atoms with E-state index in [1.165, 1.54) is 11.3 Å². The summed E-state index contributed by atoms with van der Waals surface area (Å²) >= 11 is 1.39. The molecule has 27 heavy (non-hydrogen) atoms. The fourth-order valence-corrected chi connectivity index (χ4v) is 3.21. The topological polar surface area (TPSA) is 101 Å². The molecule has 0 aliphatic heterocycles. The first-order valence-electron chi connectivity index (χ1n) is 9.04. The molecule has 0 bridgehead atoms. The molecule has 0 saturated heterocycles. The van der Waals surface area contributed by atoms with Gasteiger partial charge in [-0.25, -0.2) is 0 Å². The van der Waals surface area contributed by atoms with Gasteiger partial charge in [-0.05, 0) is 36.4 Å². The van der Waals surface area contributed by atoms with Crippen molar-refractivity contribution in [1.29, 1.82) is 0 Å². The van der Waals surface area contributed by atoms with Crippen LogP contribution in [0.4, 0.5) is 11.4 Å². The van der Waals surface area contributed by atoms with E-state index >= 15 is 0 Å². The summed E-state index contributed by atoms with van der Waals surface area (Å²) in [5.41, 5.74) is 6.97. The number of hydrogen-bond donors (Lipinski definition) is 3. The zero-order chi connectivity index (χ0) is 19.5. The van der Waals surface area contributed by atoms with Gasteiger partial charge in [0.25, 0.3) is 0 Å². The van der Waals surface area contributed by atoms with Gasteiger partial charge in [-0.15, -0.1) is 11.3 Å². The molecular formula is C20H25N3O3S. The molecule has 4 N–H and O–H groups in total. The Labute approximate surface area is 163 Å². The molecule has 0 saturated carbocycles. The highest BCUT2D eigenvalue weighted by atomic mass is 32.1. The van der Waals surface area contributed by atoms with Crippen molar-refractivity contribution in [2.24, 2.45) is 0 Å². The minimum atomic E-state index is -0.114. The van der Waals surface area contributed by atoms with Crippen molar-refractivity contribution in [2.75, 3.05) is 17.6 Å². The monoisotopic (exact) mass is 387 g/mol. The minimum Gasteiger partial charge on any atom is -0.397 e. The number of hydrogen-bond acceptors (Lipinski definition) is 5. The summed E-state index contributed by atoms with van der Waals surface area (Å²) in [5, 5.41) is 7.46. The summed E-state index contributed by atoms with van der Waals surface area (Å²) < 4.78 is 0. The smallest absolute Gasteiger partial charge is 0.224 e. The molecule has 2 aromatic rings. The molecule has 2 amide bonds. The summed E-state index contributed by atoms with van der Waals surface area (Å²) in [6.07, 6.45) is 3.23. The largest absolute Gasteiger partial charge is 0.397 e. The van der Waals surface area contributed by atoms with Gasteiger partial charge in [0.1, 0.15) is 0 Å². The Kier molecular flexibility index (Phi) is 8.51. The van der Waals surface area contributed by atoms with Crippen LogP contribution in [0.15, 0.2) is 41.8 Å². The molecule has 0 aliphatic rings. The van der Waals surface area contributed by atoms with E-state index in [-0.39, 0.29) is 30.4 Å². The molecule has 0 fully saturated rings. The van der Waals surface area contributed by atoms with Crippen LogP contribution >= 0.6 is 11.3 Å². The quantitative estimate of drug-likeness (QED) is 0.311. The lowest BCUT2D eigenvalue weighted by Gasteiger charge is -2.08. The zero-order valence-electron chi connectivity index (χ0n) is 15.2. The van der Waals surface area contributed by atoms with Crippen LogP contribution in [0.25, 0.3) is 0 Å². The van der Waals surface area contributed by atoms with Crippen LogP contribution < -0.4 is 16.4 Å². The van der Waals surface area contributed by atoms with Gasteiger partial charge in [-0.1, -0.05) is 24.6 Å². The Morgan fingerprint density at radius 3 is 2.44 bits per heavy atom. The van der Waals surface area contributed by atoms with E-state index in [1.807, 2.05) is 23.6 Å². The van der Waals surface area contributed by atoms with E-state index in [4.69, 9.17) is 5.73 Å². The molecule has 1 aromatic heterocycles. The van der Waals surface area contributed by atoms with E-state index in [9.17, 15) is 14.4 Å². The lowest BCUT2D eigenvalue weighted by Crippen LogP contribution is -2.24. The maximum Gasteiger partial charge on any atom is 0.224 e. The molecule has 6 nitrogen and oxygen atoms in total. The van der Waals surface area contributed by atoms with Crippen molar-refractivity contribution in [1.82, 2.24) is 5.32 Å². The van der Waals surface area contributed by atoms with Crippen LogP contribution in [0.2, 0.25) is 0 Å². The molecule has 2 rings (SSSR count). The van der Waals surface area contributed by atoms with Crippen LogP contribution in [0, 0.1) is 0 Å².